The number of carboxylic acid groups (broad SMARTS) is 8. The van der Waals surface area contributed by atoms with E-state index in [0.717, 1.165) is 36.5 Å². The van der Waals surface area contributed by atoms with Crippen molar-refractivity contribution in [2.75, 3.05) is 52.9 Å². The van der Waals surface area contributed by atoms with Crippen molar-refractivity contribution in [3.05, 3.63) is 72.9 Å². The monoisotopic (exact) mass is 1370 g/mol. The van der Waals surface area contributed by atoms with Gasteiger partial charge in [-0.2, -0.15) is 0 Å². The van der Waals surface area contributed by atoms with Crippen molar-refractivity contribution in [2.24, 2.45) is 0 Å². The fourth-order valence-corrected chi connectivity index (χ4v) is 9.37. The molecule has 40 nitrogen and oxygen atoms in total. The molecule has 0 amide bonds. The predicted octanol–water partition coefficient (Wildman–Crippen LogP) is -4.00. The van der Waals surface area contributed by atoms with Crippen molar-refractivity contribution in [3.63, 3.8) is 0 Å². The minimum Gasteiger partial charge on any atom is -0.481 e. The molecule has 0 saturated carbocycles. The zero-order valence-corrected chi connectivity index (χ0v) is 49.3. The normalized spacial score (nSPS) is 28.7. The molecule has 96 heavy (non-hydrogen) atoms. The molecule has 16 atom stereocenters. The maximum Gasteiger partial charge on any atom is 0.331 e. The molecule has 8 fully saturated rings. The maximum absolute atomic E-state index is 11.6. The zero-order chi connectivity index (χ0) is 70.8. The predicted molar refractivity (Wildman–Crippen MR) is 291 cm³/mol. The first-order chi connectivity index (χ1) is 45.5. The summed E-state index contributed by atoms with van der Waals surface area (Å²) in [5, 5.41) is 67.7. The van der Waals surface area contributed by atoms with E-state index in [1.807, 2.05) is 0 Å². The molecule has 0 aromatic heterocycles. The highest BCUT2D eigenvalue weighted by Gasteiger charge is 2.54. The van der Waals surface area contributed by atoms with Gasteiger partial charge < -0.3 is 117 Å². The van der Waals surface area contributed by atoms with Crippen molar-refractivity contribution < 1.29 is 193 Å². The summed E-state index contributed by atoms with van der Waals surface area (Å²) in [5.74, 6) is -16.4. The fraction of sp³-hybridized carbons (Fsp3) is 0.500. The topological polar surface area (TPSA) is 583 Å². The Morgan fingerprint density at radius 1 is 0.229 bits per heavy atom. The lowest BCUT2D eigenvalue weighted by Gasteiger charge is -2.16. The van der Waals surface area contributed by atoms with E-state index < -0.39 is 193 Å². The quantitative estimate of drug-likeness (QED) is 0.0232. The van der Waals surface area contributed by atoms with Gasteiger partial charge in [0.1, 0.15) is 48.8 Å². The molecule has 8 N–H and O–H groups in total. The smallest absolute Gasteiger partial charge is 0.331 e. The van der Waals surface area contributed by atoms with Crippen LogP contribution < -0.4 is 0 Å². The number of carboxylic acids is 8. The molecular weight excluding hydrogens is 1310 g/mol. The van der Waals surface area contributed by atoms with Crippen molar-refractivity contribution in [1.82, 2.24) is 0 Å². The van der Waals surface area contributed by atoms with Gasteiger partial charge in [-0.3, -0.25) is 19.2 Å². The molecule has 0 spiro atoms. The second kappa shape index (κ2) is 37.5. The summed E-state index contributed by atoms with van der Waals surface area (Å²) in [6.07, 6.45) is -3.86. The van der Waals surface area contributed by atoms with Gasteiger partial charge in [-0.15, -0.1) is 0 Å². The van der Waals surface area contributed by atoms with Crippen molar-refractivity contribution >= 4 is 95.5 Å². The van der Waals surface area contributed by atoms with Crippen LogP contribution in [0.5, 0.6) is 0 Å². The number of carbonyl (C=O) groups is 16. The molecule has 8 heterocycles. The van der Waals surface area contributed by atoms with Gasteiger partial charge >= 0.3 is 95.5 Å². The molecule has 40 heteroatoms. The summed E-state index contributed by atoms with van der Waals surface area (Å²) in [5.41, 5.74) is 0. The SMILES string of the molecule is O=C(O)/C=C/C(=O)O[C@@H]1CO[C@H]2[C@@H]1OC[C@@H]2OC(=O)CCC(=O)O.O=C(O)/C=C/C(=O)O[C@H]1CO[C@H]2[C@@H]1OC[C@H]2OC(=O)/C=C/C(=O)O.O=C(O)/C=C/C(=O)O[C@H]1CO[C@H]2[C@@H]1OC[C@H]2OC(=O)CCC(=O)O.O=C(O)/C=C\C(=O)O[C@@H]1CO[C@H]2[C@@H]1OC[C@@H]2OC(=O)/C=C/C(=O)O. The number of hydrogen-bond donors (Lipinski definition) is 8. The lowest BCUT2D eigenvalue weighted by molar-refractivity contribution is -0.156. The molecule has 0 aliphatic carbocycles. The third-order valence-corrected chi connectivity index (χ3v) is 13.3. The lowest BCUT2D eigenvalue weighted by Crippen LogP contribution is -2.35. The molecule has 0 radical (unpaired) electrons. The summed E-state index contributed by atoms with van der Waals surface area (Å²) in [7, 11) is 0. The number of hydrogen-bond acceptors (Lipinski definition) is 32. The van der Waals surface area contributed by atoms with Crippen molar-refractivity contribution in [1.29, 1.82) is 0 Å². The van der Waals surface area contributed by atoms with E-state index >= 15 is 0 Å². The fourth-order valence-electron chi connectivity index (χ4n) is 9.37. The summed E-state index contributed by atoms with van der Waals surface area (Å²) in [6.45, 7) is 0.112. The standard InChI is InChI=1S/2C14H16O10.2C14H14O10/c4*15-9(16)1-3-11(19)23-7-5-21-14-8(6-22-13(7)14)24-12(20)4-2-10(17)18/h2*1,3,7-8,13-14H,2,4-6H2,(H,15,16)(H,17,18);2*1-4,7-8,13-14H,5-6H2,(H,15,16)(H,17,18)/b2*3-1+;3-1+,4-2+;3-1-,4-2+/t7-,8+,13+,14+;3*7-,8+,13-,14-/m0111/s1. The molecule has 0 aromatic rings. The Hall–Kier alpha value is -10.4. The Balaban J connectivity index is 0.000000231. The van der Waals surface area contributed by atoms with Crippen LogP contribution in [0.1, 0.15) is 25.7 Å². The van der Waals surface area contributed by atoms with Crippen LogP contribution in [0.2, 0.25) is 0 Å². The van der Waals surface area contributed by atoms with Crippen LogP contribution in [0, 0.1) is 0 Å². The number of esters is 8. The summed E-state index contributed by atoms with van der Waals surface area (Å²) in [6, 6.07) is 0. The Labute approximate surface area is 536 Å². The average molecular weight is 1370 g/mol. The first kappa shape index (κ1) is 76.4. The second-order valence-electron chi connectivity index (χ2n) is 20.1. The van der Waals surface area contributed by atoms with E-state index in [4.69, 9.17) is 117 Å². The summed E-state index contributed by atoms with van der Waals surface area (Å²) < 4.78 is 83.7. The molecule has 0 unspecified atom stereocenters. The third kappa shape index (κ3) is 25.5. The molecule has 8 aliphatic rings. The van der Waals surface area contributed by atoms with Gasteiger partial charge in [0.15, 0.2) is 48.8 Å². The van der Waals surface area contributed by atoms with E-state index in [2.05, 4.69) is 0 Å². The first-order valence-corrected chi connectivity index (χ1v) is 27.9. The van der Waals surface area contributed by atoms with Gasteiger partial charge in [-0.25, -0.2) is 57.5 Å². The van der Waals surface area contributed by atoms with Gasteiger partial charge in [-0.1, -0.05) is 0 Å². The summed E-state index contributed by atoms with van der Waals surface area (Å²) in [4.78, 5) is 175. The molecule has 8 rings (SSSR count). The number of fused-ring (bicyclic) bond motifs is 4. The van der Waals surface area contributed by atoms with E-state index in [0.29, 0.717) is 36.5 Å². The Morgan fingerprint density at radius 3 is 0.510 bits per heavy atom. The highest BCUT2D eigenvalue weighted by atomic mass is 16.7. The number of aliphatic carboxylic acids is 8. The zero-order valence-electron chi connectivity index (χ0n) is 49.3. The van der Waals surface area contributed by atoms with Gasteiger partial charge in [0.2, 0.25) is 0 Å². The third-order valence-electron chi connectivity index (χ3n) is 13.3. The number of rotatable bonds is 26. The molecule has 0 aromatic carbocycles. The summed E-state index contributed by atoms with van der Waals surface area (Å²) >= 11 is 0. The largest absolute Gasteiger partial charge is 0.481 e. The van der Waals surface area contributed by atoms with Gasteiger partial charge in [0, 0.05) is 72.9 Å². The van der Waals surface area contributed by atoms with Crippen LogP contribution in [0.25, 0.3) is 0 Å². The molecular formula is C56H60O40. The molecule has 0 bridgehead atoms. The van der Waals surface area contributed by atoms with Crippen LogP contribution in [0.4, 0.5) is 0 Å². The molecule has 8 saturated heterocycles. The number of carbonyl (C=O) groups excluding carboxylic acids is 8. The lowest BCUT2D eigenvalue weighted by atomic mass is 10.1. The molecule has 8 aliphatic heterocycles. The van der Waals surface area contributed by atoms with E-state index in [9.17, 15) is 76.7 Å². The minimum absolute atomic E-state index is 0.000993. The van der Waals surface area contributed by atoms with Crippen LogP contribution in [-0.4, -0.2) is 287 Å². The van der Waals surface area contributed by atoms with Gasteiger partial charge in [0.25, 0.3) is 0 Å². The minimum atomic E-state index is -1.29. The maximum atomic E-state index is 11.6. The van der Waals surface area contributed by atoms with Crippen LogP contribution in [0.15, 0.2) is 72.9 Å². The van der Waals surface area contributed by atoms with E-state index in [-0.39, 0.29) is 78.5 Å². The van der Waals surface area contributed by atoms with Crippen LogP contribution >= 0.6 is 0 Å². The molecule has 524 valence electrons. The van der Waals surface area contributed by atoms with Crippen molar-refractivity contribution in [3.8, 4) is 0 Å². The van der Waals surface area contributed by atoms with Crippen molar-refractivity contribution in [2.45, 2.75) is 123 Å². The highest BCUT2D eigenvalue weighted by molar-refractivity contribution is 5.94. The Morgan fingerprint density at radius 2 is 0.375 bits per heavy atom. The van der Waals surface area contributed by atoms with Crippen LogP contribution in [0.3, 0.4) is 0 Å². The Bertz CT molecular complexity index is 2790. The van der Waals surface area contributed by atoms with E-state index in [1.54, 1.807) is 0 Å². The number of ether oxygens (including phenoxy) is 16. The second-order valence-corrected chi connectivity index (χ2v) is 20.1. The average Bonchev–Trinajstić information content (AvgIpc) is 1.68. The van der Waals surface area contributed by atoms with E-state index in [1.165, 1.54) is 0 Å². The van der Waals surface area contributed by atoms with Gasteiger partial charge in [-0.05, 0) is 0 Å². The van der Waals surface area contributed by atoms with Crippen LogP contribution in [-0.2, 0) is 153 Å². The highest BCUT2D eigenvalue weighted by Crippen LogP contribution is 2.34. The Kier molecular flexibility index (Phi) is 29.8. The van der Waals surface area contributed by atoms with Gasteiger partial charge in [0.05, 0.1) is 78.5 Å². The first-order valence-electron chi connectivity index (χ1n) is 27.9.